The maximum absolute atomic E-state index is 12.7. The summed E-state index contributed by atoms with van der Waals surface area (Å²) in [5.41, 5.74) is 7.27. The van der Waals surface area contributed by atoms with Gasteiger partial charge in [0.1, 0.15) is 5.69 Å². The van der Waals surface area contributed by atoms with Crippen LogP contribution in [0, 0.1) is 0 Å². The number of carbonyl (C=O) groups is 1. The number of nitrogens with zero attached hydrogens (tertiary/aromatic N) is 2. The molecule has 2 aromatic rings. The molecule has 0 aliphatic heterocycles. The minimum Gasteiger partial charge on any atom is -0.345 e. The van der Waals surface area contributed by atoms with Gasteiger partial charge in [0.25, 0.3) is 5.91 Å². The van der Waals surface area contributed by atoms with Crippen molar-refractivity contribution in [3.63, 3.8) is 0 Å². The van der Waals surface area contributed by atoms with Crippen molar-refractivity contribution in [2.24, 2.45) is 12.8 Å². The average molecular weight is 342 g/mol. The molecule has 1 aromatic carbocycles. The van der Waals surface area contributed by atoms with E-state index in [0.29, 0.717) is 30.4 Å². The standard InChI is InChI=1S/C16H20ClN3O.ClH/c1-19-12-14(17)10-15(19)16(21)20(9-5-8-18)11-13-6-3-2-4-7-13;/h2-4,6-7,10,12H,5,8-9,11,18H2,1H3;1H. The zero-order chi connectivity index (χ0) is 15.2. The summed E-state index contributed by atoms with van der Waals surface area (Å²) in [5, 5.41) is 0.569. The minimum atomic E-state index is -0.0262. The molecule has 22 heavy (non-hydrogen) atoms. The van der Waals surface area contributed by atoms with Crippen molar-refractivity contribution in [1.29, 1.82) is 0 Å². The third kappa shape index (κ3) is 4.77. The van der Waals surface area contributed by atoms with Crippen LogP contribution in [0.15, 0.2) is 42.6 Å². The largest absolute Gasteiger partial charge is 0.345 e. The number of hydrogen-bond donors (Lipinski definition) is 1. The van der Waals surface area contributed by atoms with Crippen LogP contribution in [0.3, 0.4) is 0 Å². The molecular weight excluding hydrogens is 321 g/mol. The highest BCUT2D eigenvalue weighted by Gasteiger charge is 2.19. The number of benzene rings is 1. The predicted octanol–water partition coefficient (Wildman–Crippen LogP) is 3.09. The van der Waals surface area contributed by atoms with Gasteiger partial charge in [-0.2, -0.15) is 0 Å². The van der Waals surface area contributed by atoms with Gasteiger partial charge in [0.15, 0.2) is 0 Å². The van der Waals surface area contributed by atoms with Gasteiger partial charge in [0, 0.05) is 26.3 Å². The Morgan fingerprint density at radius 1 is 1.32 bits per heavy atom. The first-order valence-corrected chi connectivity index (χ1v) is 7.34. The van der Waals surface area contributed by atoms with E-state index in [1.807, 2.05) is 42.3 Å². The molecule has 0 spiro atoms. The van der Waals surface area contributed by atoms with Crippen molar-refractivity contribution in [1.82, 2.24) is 9.47 Å². The van der Waals surface area contributed by atoms with Crippen LogP contribution in [0.2, 0.25) is 5.02 Å². The second-order valence-corrected chi connectivity index (χ2v) is 5.45. The van der Waals surface area contributed by atoms with Crippen LogP contribution >= 0.6 is 24.0 Å². The van der Waals surface area contributed by atoms with Gasteiger partial charge in [0.05, 0.1) is 5.02 Å². The smallest absolute Gasteiger partial charge is 0.270 e. The summed E-state index contributed by atoms with van der Waals surface area (Å²) < 4.78 is 1.76. The fraction of sp³-hybridized carbons (Fsp3) is 0.312. The number of carbonyl (C=O) groups excluding carboxylic acids is 1. The molecule has 0 bridgehead atoms. The van der Waals surface area contributed by atoms with E-state index >= 15 is 0 Å². The van der Waals surface area contributed by atoms with Crippen LogP contribution in [-0.2, 0) is 13.6 Å². The van der Waals surface area contributed by atoms with Crippen LogP contribution in [0.4, 0.5) is 0 Å². The molecule has 0 saturated carbocycles. The summed E-state index contributed by atoms with van der Waals surface area (Å²) in [4.78, 5) is 14.5. The molecule has 1 aromatic heterocycles. The quantitative estimate of drug-likeness (QED) is 0.877. The summed E-state index contributed by atoms with van der Waals surface area (Å²) in [6, 6.07) is 11.6. The van der Waals surface area contributed by atoms with E-state index < -0.39 is 0 Å². The Balaban J connectivity index is 0.00000242. The van der Waals surface area contributed by atoms with Crippen molar-refractivity contribution in [3.8, 4) is 0 Å². The van der Waals surface area contributed by atoms with E-state index in [0.717, 1.165) is 12.0 Å². The molecule has 120 valence electrons. The molecule has 2 rings (SSSR count). The van der Waals surface area contributed by atoms with Crippen molar-refractivity contribution in [3.05, 3.63) is 58.9 Å². The highest BCUT2D eigenvalue weighted by Crippen LogP contribution is 2.16. The highest BCUT2D eigenvalue weighted by atomic mass is 35.5. The molecule has 1 heterocycles. The fourth-order valence-electron chi connectivity index (χ4n) is 2.24. The summed E-state index contributed by atoms with van der Waals surface area (Å²) >= 11 is 5.97. The number of amides is 1. The van der Waals surface area contributed by atoms with Crippen LogP contribution < -0.4 is 5.73 Å². The van der Waals surface area contributed by atoms with E-state index in [9.17, 15) is 4.79 Å². The second kappa shape index (κ2) is 8.83. The Morgan fingerprint density at radius 2 is 2.00 bits per heavy atom. The number of aryl methyl sites for hydroxylation is 1. The molecule has 0 fully saturated rings. The van der Waals surface area contributed by atoms with Gasteiger partial charge >= 0.3 is 0 Å². The lowest BCUT2D eigenvalue weighted by molar-refractivity contribution is 0.0732. The fourth-order valence-corrected chi connectivity index (χ4v) is 2.49. The lowest BCUT2D eigenvalue weighted by atomic mass is 10.2. The number of hydrogen-bond acceptors (Lipinski definition) is 2. The van der Waals surface area contributed by atoms with E-state index in [2.05, 4.69) is 0 Å². The Bertz CT molecular complexity index is 599. The van der Waals surface area contributed by atoms with Crippen molar-refractivity contribution < 1.29 is 4.79 Å². The second-order valence-electron chi connectivity index (χ2n) is 5.01. The van der Waals surface area contributed by atoms with Gasteiger partial charge < -0.3 is 15.2 Å². The first-order valence-electron chi connectivity index (χ1n) is 6.97. The Hall–Kier alpha value is -1.49. The number of rotatable bonds is 6. The van der Waals surface area contributed by atoms with Crippen LogP contribution in [-0.4, -0.2) is 28.5 Å². The average Bonchev–Trinajstić information content (AvgIpc) is 2.82. The molecule has 0 radical (unpaired) electrons. The van der Waals surface area contributed by atoms with Crippen LogP contribution in [0.5, 0.6) is 0 Å². The molecule has 2 N–H and O–H groups in total. The lowest BCUT2D eigenvalue weighted by Gasteiger charge is -2.23. The van der Waals surface area contributed by atoms with Gasteiger partial charge in [-0.15, -0.1) is 12.4 Å². The number of nitrogens with two attached hydrogens (primary N) is 1. The molecule has 0 unspecified atom stereocenters. The summed E-state index contributed by atoms with van der Waals surface area (Å²) in [6.07, 6.45) is 2.51. The van der Waals surface area contributed by atoms with Gasteiger partial charge in [-0.25, -0.2) is 0 Å². The van der Waals surface area contributed by atoms with Crippen LogP contribution in [0.25, 0.3) is 0 Å². The summed E-state index contributed by atoms with van der Waals surface area (Å²) in [6.45, 7) is 1.77. The normalized spacial score (nSPS) is 10.1. The van der Waals surface area contributed by atoms with Crippen LogP contribution in [0.1, 0.15) is 22.5 Å². The monoisotopic (exact) mass is 341 g/mol. The zero-order valence-corrected chi connectivity index (χ0v) is 14.1. The molecule has 1 amide bonds. The SMILES string of the molecule is Cl.Cn1cc(Cl)cc1C(=O)N(CCCN)Cc1ccccc1. The molecule has 0 aliphatic rings. The maximum Gasteiger partial charge on any atom is 0.270 e. The molecule has 0 saturated heterocycles. The van der Waals surface area contributed by atoms with Crippen molar-refractivity contribution >= 4 is 29.9 Å². The van der Waals surface area contributed by atoms with Crippen molar-refractivity contribution in [2.45, 2.75) is 13.0 Å². The molecule has 4 nitrogen and oxygen atoms in total. The predicted molar refractivity (Wildman–Crippen MR) is 92.5 cm³/mol. The minimum absolute atomic E-state index is 0. The molecule has 6 heteroatoms. The van der Waals surface area contributed by atoms with Gasteiger partial charge in [-0.3, -0.25) is 4.79 Å². The molecule has 0 atom stereocenters. The van der Waals surface area contributed by atoms with Gasteiger partial charge in [-0.05, 0) is 24.6 Å². The van der Waals surface area contributed by atoms with Gasteiger partial charge in [-0.1, -0.05) is 41.9 Å². The highest BCUT2D eigenvalue weighted by molar-refractivity contribution is 6.31. The third-order valence-corrected chi connectivity index (χ3v) is 3.53. The van der Waals surface area contributed by atoms with E-state index in [4.69, 9.17) is 17.3 Å². The lowest BCUT2D eigenvalue weighted by Crippen LogP contribution is -2.33. The number of aromatic nitrogens is 1. The molecular formula is C16H21Cl2N3O. The van der Waals surface area contributed by atoms with E-state index in [1.165, 1.54) is 0 Å². The Kier molecular flexibility index (Phi) is 7.45. The Labute approximate surface area is 142 Å². The van der Waals surface area contributed by atoms with E-state index in [-0.39, 0.29) is 18.3 Å². The van der Waals surface area contributed by atoms with Gasteiger partial charge in [0.2, 0.25) is 0 Å². The van der Waals surface area contributed by atoms with E-state index in [1.54, 1.807) is 16.8 Å². The number of halogens is 2. The first-order chi connectivity index (χ1) is 10.1. The zero-order valence-electron chi connectivity index (χ0n) is 12.5. The van der Waals surface area contributed by atoms with Crippen molar-refractivity contribution in [2.75, 3.05) is 13.1 Å². The molecule has 0 aliphatic carbocycles. The summed E-state index contributed by atoms with van der Waals surface area (Å²) in [7, 11) is 1.82. The third-order valence-electron chi connectivity index (χ3n) is 3.33. The topological polar surface area (TPSA) is 51.3 Å². The summed E-state index contributed by atoms with van der Waals surface area (Å²) in [5.74, 6) is -0.0262. The maximum atomic E-state index is 12.7. The Morgan fingerprint density at radius 3 is 2.55 bits per heavy atom. The first kappa shape index (κ1) is 18.6.